The van der Waals surface area contributed by atoms with Crippen LogP contribution >= 0.6 is 0 Å². The number of nitrogens with zero attached hydrogens (tertiary/aromatic N) is 4. The van der Waals surface area contributed by atoms with Crippen LogP contribution < -0.4 is 4.74 Å². The number of carbonyl (C=O) groups excluding carboxylic acids is 2. The van der Waals surface area contributed by atoms with Gasteiger partial charge in [-0.3, -0.25) is 14.5 Å². The molecule has 1 aliphatic rings. The molecule has 2 heterocycles. The highest BCUT2D eigenvalue weighted by atomic mass is 16.5. The first-order valence-electron chi connectivity index (χ1n) is 12.4. The van der Waals surface area contributed by atoms with Gasteiger partial charge in [-0.05, 0) is 81.7 Å². The van der Waals surface area contributed by atoms with Gasteiger partial charge in [0.1, 0.15) is 17.4 Å². The van der Waals surface area contributed by atoms with Gasteiger partial charge in [0.15, 0.2) is 0 Å². The van der Waals surface area contributed by atoms with Crippen molar-refractivity contribution in [3.63, 3.8) is 0 Å². The summed E-state index contributed by atoms with van der Waals surface area (Å²) in [5, 5.41) is 14.5. The molecule has 0 N–H and O–H groups in total. The Morgan fingerprint density at radius 1 is 1.08 bits per heavy atom. The van der Waals surface area contributed by atoms with Crippen LogP contribution in [0.3, 0.4) is 0 Å². The standard InChI is InChI=1S/C30H30N4O3/c1-6-14-37-27-13-12-22(15-20(27)4)28-23(18-33(32-28)24-10-8-7-9-11-24)16-25-21(5)26(17-31)30(36)34(19(2)3)29(25)35/h7-13,15-16,18-19H,6,14H2,1-5H3/b25-16+. The first-order chi connectivity index (χ1) is 17.8. The van der Waals surface area contributed by atoms with E-state index in [0.29, 0.717) is 29.0 Å². The van der Waals surface area contributed by atoms with Crippen molar-refractivity contribution in [2.75, 3.05) is 6.61 Å². The van der Waals surface area contributed by atoms with Gasteiger partial charge in [0.2, 0.25) is 0 Å². The smallest absolute Gasteiger partial charge is 0.271 e. The number of nitriles is 1. The molecule has 188 valence electrons. The lowest BCUT2D eigenvalue weighted by atomic mass is 9.92. The number of amides is 2. The van der Waals surface area contributed by atoms with Crippen LogP contribution in [-0.2, 0) is 9.59 Å². The molecule has 2 amide bonds. The summed E-state index contributed by atoms with van der Waals surface area (Å²) in [7, 11) is 0. The van der Waals surface area contributed by atoms with Gasteiger partial charge in [0.05, 0.1) is 18.0 Å². The first kappa shape index (κ1) is 25.6. The van der Waals surface area contributed by atoms with Crippen LogP contribution in [0.5, 0.6) is 5.75 Å². The third-order valence-corrected chi connectivity index (χ3v) is 6.26. The SMILES string of the molecule is CCCOc1ccc(-c2nn(-c3ccccc3)cc2/C=C2/C(=O)N(C(C)C)C(=O)C(C#N)=C2C)cc1C. The van der Waals surface area contributed by atoms with Gasteiger partial charge in [-0.1, -0.05) is 25.1 Å². The maximum absolute atomic E-state index is 13.4. The minimum atomic E-state index is -0.560. The lowest BCUT2D eigenvalue weighted by molar-refractivity contribution is -0.142. The number of hydrogen-bond donors (Lipinski definition) is 0. The number of rotatable bonds is 7. The molecule has 0 atom stereocenters. The molecule has 3 aromatic rings. The molecular formula is C30H30N4O3. The fourth-order valence-corrected chi connectivity index (χ4v) is 4.33. The van der Waals surface area contributed by atoms with Crippen molar-refractivity contribution in [3.8, 4) is 28.8 Å². The van der Waals surface area contributed by atoms with Crippen molar-refractivity contribution in [2.45, 2.75) is 47.1 Å². The average molecular weight is 495 g/mol. The van der Waals surface area contributed by atoms with Crippen LogP contribution in [0.2, 0.25) is 0 Å². The maximum Gasteiger partial charge on any atom is 0.271 e. The highest BCUT2D eigenvalue weighted by Crippen LogP contribution is 2.33. The molecule has 1 aromatic heterocycles. The van der Waals surface area contributed by atoms with Crippen molar-refractivity contribution < 1.29 is 14.3 Å². The first-order valence-corrected chi connectivity index (χ1v) is 12.4. The van der Waals surface area contributed by atoms with Gasteiger partial charge < -0.3 is 4.74 Å². The van der Waals surface area contributed by atoms with Gasteiger partial charge in [-0.2, -0.15) is 10.4 Å². The molecule has 0 unspecified atom stereocenters. The summed E-state index contributed by atoms with van der Waals surface area (Å²) in [5.41, 5.74) is 4.73. The normalized spacial score (nSPS) is 15.1. The molecule has 4 rings (SSSR count). The molecule has 0 fully saturated rings. The summed E-state index contributed by atoms with van der Waals surface area (Å²) in [6.45, 7) is 9.85. The van der Waals surface area contributed by atoms with Gasteiger partial charge >= 0.3 is 0 Å². The molecule has 7 nitrogen and oxygen atoms in total. The Morgan fingerprint density at radius 3 is 2.43 bits per heavy atom. The van der Waals surface area contributed by atoms with Crippen molar-refractivity contribution >= 4 is 17.9 Å². The largest absolute Gasteiger partial charge is 0.493 e. The van der Waals surface area contributed by atoms with E-state index in [-0.39, 0.29) is 11.6 Å². The van der Waals surface area contributed by atoms with E-state index in [1.165, 1.54) is 0 Å². The lowest BCUT2D eigenvalue weighted by Gasteiger charge is -2.30. The second-order valence-corrected chi connectivity index (χ2v) is 9.29. The Balaban J connectivity index is 1.90. The molecule has 0 saturated carbocycles. The number of aromatic nitrogens is 2. The second kappa shape index (κ2) is 10.7. The molecule has 0 saturated heterocycles. The van der Waals surface area contributed by atoms with Crippen LogP contribution in [0.15, 0.2) is 71.4 Å². The minimum absolute atomic E-state index is 0.0233. The van der Waals surface area contributed by atoms with E-state index >= 15 is 0 Å². The quantitative estimate of drug-likeness (QED) is 0.313. The Labute approximate surface area is 217 Å². The van der Waals surface area contributed by atoms with Crippen molar-refractivity contribution in [3.05, 3.63) is 82.6 Å². The highest BCUT2D eigenvalue weighted by Gasteiger charge is 2.37. The Hall–Kier alpha value is -4.44. The zero-order chi connectivity index (χ0) is 26.7. The van der Waals surface area contributed by atoms with Crippen molar-refractivity contribution in [1.82, 2.24) is 14.7 Å². The predicted octanol–water partition coefficient (Wildman–Crippen LogP) is 5.64. The van der Waals surface area contributed by atoms with E-state index < -0.39 is 11.8 Å². The third-order valence-electron chi connectivity index (χ3n) is 6.26. The molecule has 0 bridgehead atoms. The fraction of sp³-hybridized carbons (Fsp3) is 0.267. The van der Waals surface area contributed by atoms with Gasteiger partial charge in [0.25, 0.3) is 11.8 Å². The zero-order valence-corrected chi connectivity index (χ0v) is 21.8. The third kappa shape index (κ3) is 4.96. The van der Waals surface area contributed by atoms with Crippen LogP contribution in [0.1, 0.15) is 45.2 Å². The van der Waals surface area contributed by atoms with Gasteiger partial charge in [0, 0.05) is 28.9 Å². The zero-order valence-electron chi connectivity index (χ0n) is 21.8. The van der Waals surface area contributed by atoms with Gasteiger partial charge in [-0.25, -0.2) is 4.68 Å². The van der Waals surface area contributed by atoms with E-state index in [4.69, 9.17) is 9.84 Å². The lowest BCUT2D eigenvalue weighted by Crippen LogP contribution is -2.46. The number of hydrogen-bond acceptors (Lipinski definition) is 5. The van der Waals surface area contributed by atoms with E-state index in [0.717, 1.165) is 33.9 Å². The highest BCUT2D eigenvalue weighted by molar-refractivity contribution is 6.20. The molecule has 37 heavy (non-hydrogen) atoms. The topological polar surface area (TPSA) is 88.2 Å². The fourth-order valence-electron chi connectivity index (χ4n) is 4.33. The number of para-hydroxylation sites is 1. The summed E-state index contributed by atoms with van der Waals surface area (Å²) < 4.78 is 7.61. The van der Waals surface area contributed by atoms with E-state index in [1.54, 1.807) is 31.5 Å². The number of benzene rings is 2. The monoisotopic (exact) mass is 494 g/mol. The Bertz CT molecular complexity index is 1460. The number of aryl methyl sites for hydroxylation is 1. The maximum atomic E-state index is 13.4. The molecule has 1 aliphatic heterocycles. The molecule has 7 heteroatoms. The van der Waals surface area contributed by atoms with Crippen LogP contribution in [0.25, 0.3) is 23.0 Å². The summed E-state index contributed by atoms with van der Waals surface area (Å²) in [6.07, 6.45) is 4.51. The summed E-state index contributed by atoms with van der Waals surface area (Å²) in [6, 6.07) is 17.2. The Morgan fingerprint density at radius 2 is 1.81 bits per heavy atom. The van der Waals surface area contributed by atoms with E-state index in [9.17, 15) is 14.9 Å². The van der Waals surface area contributed by atoms with Crippen molar-refractivity contribution in [2.24, 2.45) is 0 Å². The van der Waals surface area contributed by atoms with Crippen molar-refractivity contribution in [1.29, 1.82) is 5.26 Å². The number of imide groups is 1. The van der Waals surface area contributed by atoms with Crippen LogP contribution in [0.4, 0.5) is 0 Å². The number of carbonyl (C=O) groups is 2. The van der Waals surface area contributed by atoms with Gasteiger partial charge in [-0.15, -0.1) is 0 Å². The average Bonchev–Trinajstić information content (AvgIpc) is 3.30. The Kier molecular flexibility index (Phi) is 7.40. The second-order valence-electron chi connectivity index (χ2n) is 9.29. The molecule has 0 radical (unpaired) electrons. The van der Waals surface area contributed by atoms with E-state index in [1.807, 2.05) is 67.7 Å². The molecule has 2 aromatic carbocycles. The minimum Gasteiger partial charge on any atom is -0.493 e. The summed E-state index contributed by atoms with van der Waals surface area (Å²) in [5.74, 6) is -0.163. The van der Waals surface area contributed by atoms with Crippen LogP contribution in [0, 0.1) is 18.3 Å². The molecule has 0 spiro atoms. The number of ether oxygens (including phenoxy) is 1. The summed E-state index contributed by atoms with van der Waals surface area (Å²) >= 11 is 0. The molecule has 0 aliphatic carbocycles. The summed E-state index contributed by atoms with van der Waals surface area (Å²) in [4.78, 5) is 27.4. The molecular weight excluding hydrogens is 464 g/mol. The predicted molar refractivity (Wildman–Crippen MR) is 143 cm³/mol. The van der Waals surface area contributed by atoms with E-state index in [2.05, 4.69) is 6.92 Å². The van der Waals surface area contributed by atoms with Crippen LogP contribution in [-0.4, -0.2) is 39.1 Å².